The zero-order valence-electron chi connectivity index (χ0n) is 14.4. The molecule has 0 saturated heterocycles. The molecule has 0 aliphatic rings. The minimum atomic E-state index is -0.195. The zero-order chi connectivity index (χ0) is 17.6. The lowest BCUT2D eigenvalue weighted by atomic mass is 10.1. The number of amides is 1. The van der Waals surface area contributed by atoms with E-state index in [4.69, 9.17) is 0 Å². The molecule has 1 amide bonds. The minimum absolute atomic E-state index is 0.195. The standard InChI is InChI=1S/C19H21N5O/c1-3-23-13-17(10-20-23)7-8-19(25)22-18-11-21-24(14-18)12-16-6-4-5-15(2)9-16/h4-11,13-14H,3,12H2,1-2H3,(H,22,25)/b8-7+. The monoisotopic (exact) mass is 335 g/mol. The summed E-state index contributed by atoms with van der Waals surface area (Å²) in [6.07, 6.45) is 10.3. The van der Waals surface area contributed by atoms with Gasteiger partial charge in [0.2, 0.25) is 5.91 Å². The van der Waals surface area contributed by atoms with E-state index >= 15 is 0 Å². The summed E-state index contributed by atoms with van der Waals surface area (Å²) in [5.41, 5.74) is 3.96. The van der Waals surface area contributed by atoms with Crippen LogP contribution in [0.3, 0.4) is 0 Å². The van der Waals surface area contributed by atoms with Crippen molar-refractivity contribution in [2.75, 3.05) is 5.32 Å². The number of carbonyl (C=O) groups excluding carboxylic acids is 1. The van der Waals surface area contributed by atoms with E-state index in [0.717, 1.165) is 12.1 Å². The van der Waals surface area contributed by atoms with Crippen LogP contribution in [-0.4, -0.2) is 25.5 Å². The van der Waals surface area contributed by atoms with E-state index in [1.165, 1.54) is 17.2 Å². The second kappa shape index (κ2) is 7.61. The third kappa shape index (κ3) is 4.67. The molecule has 6 heteroatoms. The molecule has 3 aromatic rings. The second-order valence-electron chi connectivity index (χ2n) is 5.87. The number of aryl methyl sites for hydroxylation is 2. The topological polar surface area (TPSA) is 64.7 Å². The molecule has 0 aliphatic carbocycles. The highest BCUT2D eigenvalue weighted by Gasteiger charge is 2.03. The molecule has 2 heterocycles. The van der Waals surface area contributed by atoms with Crippen LogP contribution in [-0.2, 0) is 17.9 Å². The molecule has 1 N–H and O–H groups in total. The summed E-state index contributed by atoms with van der Waals surface area (Å²) in [5.74, 6) is -0.195. The Morgan fingerprint density at radius 3 is 2.80 bits per heavy atom. The fraction of sp³-hybridized carbons (Fsp3) is 0.211. The molecule has 0 bridgehead atoms. The van der Waals surface area contributed by atoms with Gasteiger partial charge in [0, 0.05) is 30.6 Å². The van der Waals surface area contributed by atoms with Crippen LogP contribution in [0.4, 0.5) is 5.69 Å². The Morgan fingerprint density at radius 1 is 1.20 bits per heavy atom. The maximum atomic E-state index is 12.0. The maximum Gasteiger partial charge on any atom is 0.248 e. The zero-order valence-corrected chi connectivity index (χ0v) is 14.4. The van der Waals surface area contributed by atoms with Gasteiger partial charge in [0.25, 0.3) is 0 Å². The smallest absolute Gasteiger partial charge is 0.248 e. The van der Waals surface area contributed by atoms with Crippen molar-refractivity contribution in [2.24, 2.45) is 0 Å². The molecule has 0 atom stereocenters. The summed E-state index contributed by atoms with van der Waals surface area (Å²) in [6.45, 7) is 5.56. The van der Waals surface area contributed by atoms with Gasteiger partial charge in [-0.15, -0.1) is 0 Å². The van der Waals surface area contributed by atoms with Crippen molar-refractivity contribution < 1.29 is 4.79 Å². The van der Waals surface area contributed by atoms with E-state index in [9.17, 15) is 4.79 Å². The molecule has 0 spiro atoms. The van der Waals surface area contributed by atoms with E-state index < -0.39 is 0 Å². The number of nitrogens with one attached hydrogen (secondary N) is 1. The number of aromatic nitrogens is 4. The van der Waals surface area contributed by atoms with Crippen LogP contribution in [0.15, 0.2) is 55.1 Å². The van der Waals surface area contributed by atoms with Gasteiger partial charge >= 0.3 is 0 Å². The predicted octanol–water partition coefficient (Wildman–Crippen LogP) is 3.11. The highest BCUT2D eigenvalue weighted by atomic mass is 16.1. The molecule has 0 aliphatic heterocycles. The minimum Gasteiger partial charge on any atom is -0.320 e. The van der Waals surface area contributed by atoms with Crippen molar-refractivity contribution >= 4 is 17.7 Å². The Hall–Kier alpha value is -3.15. The Bertz CT molecular complexity index is 891. The number of nitrogens with zero attached hydrogens (tertiary/aromatic N) is 4. The fourth-order valence-corrected chi connectivity index (χ4v) is 2.51. The summed E-state index contributed by atoms with van der Waals surface area (Å²) < 4.78 is 3.62. The lowest BCUT2D eigenvalue weighted by Gasteiger charge is -2.02. The average molecular weight is 335 g/mol. The largest absolute Gasteiger partial charge is 0.320 e. The number of hydrogen-bond acceptors (Lipinski definition) is 3. The van der Waals surface area contributed by atoms with Crippen LogP contribution >= 0.6 is 0 Å². The number of hydrogen-bond donors (Lipinski definition) is 1. The Morgan fingerprint density at radius 2 is 2.04 bits per heavy atom. The Kier molecular flexibility index (Phi) is 5.09. The molecule has 0 saturated carbocycles. The molecule has 0 fully saturated rings. The first-order chi connectivity index (χ1) is 12.1. The quantitative estimate of drug-likeness (QED) is 0.704. The molecule has 0 unspecified atom stereocenters. The first kappa shape index (κ1) is 16.7. The molecular weight excluding hydrogens is 314 g/mol. The van der Waals surface area contributed by atoms with Crippen molar-refractivity contribution in [3.8, 4) is 0 Å². The first-order valence-corrected chi connectivity index (χ1v) is 8.22. The highest BCUT2D eigenvalue weighted by molar-refractivity contribution is 6.01. The van der Waals surface area contributed by atoms with E-state index in [1.807, 2.05) is 30.1 Å². The van der Waals surface area contributed by atoms with Gasteiger partial charge in [0.15, 0.2) is 0 Å². The van der Waals surface area contributed by atoms with E-state index in [1.54, 1.807) is 23.2 Å². The van der Waals surface area contributed by atoms with Crippen molar-refractivity contribution in [2.45, 2.75) is 26.9 Å². The molecule has 1 aromatic carbocycles. The van der Waals surface area contributed by atoms with Crippen molar-refractivity contribution in [1.29, 1.82) is 0 Å². The van der Waals surface area contributed by atoms with Crippen molar-refractivity contribution in [3.05, 3.63) is 71.8 Å². The lowest BCUT2D eigenvalue weighted by Crippen LogP contribution is -2.07. The van der Waals surface area contributed by atoms with Crippen LogP contribution in [0, 0.1) is 6.92 Å². The van der Waals surface area contributed by atoms with Gasteiger partial charge in [-0.2, -0.15) is 10.2 Å². The van der Waals surface area contributed by atoms with Gasteiger partial charge in [0.1, 0.15) is 0 Å². The van der Waals surface area contributed by atoms with Crippen LogP contribution in [0.5, 0.6) is 0 Å². The normalized spacial score (nSPS) is 11.1. The summed E-state index contributed by atoms with van der Waals surface area (Å²) in [5, 5.41) is 11.3. The number of rotatable bonds is 6. The predicted molar refractivity (Wildman–Crippen MR) is 98.1 cm³/mol. The molecule has 3 rings (SSSR count). The fourth-order valence-electron chi connectivity index (χ4n) is 2.51. The molecular formula is C19H21N5O. The average Bonchev–Trinajstić information content (AvgIpc) is 3.22. The number of anilines is 1. The summed E-state index contributed by atoms with van der Waals surface area (Å²) >= 11 is 0. The summed E-state index contributed by atoms with van der Waals surface area (Å²) in [4.78, 5) is 12.0. The molecule has 128 valence electrons. The van der Waals surface area contributed by atoms with Crippen LogP contribution in [0.2, 0.25) is 0 Å². The first-order valence-electron chi connectivity index (χ1n) is 8.22. The van der Waals surface area contributed by atoms with Gasteiger partial charge in [-0.1, -0.05) is 29.8 Å². The second-order valence-corrected chi connectivity index (χ2v) is 5.87. The van der Waals surface area contributed by atoms with Gasteiger partial charge in [-0.3, -0.25) is 14.2 Å². The van der Waals surface area contributed by atoms with Gasteiger partial charge in [-0.25, -0.2) is 0 Å². The molecule has 25 heavy (non-hydrogen) atoms. The SMILES string of the molecule is CCn1cc(/C=C/C(=O)Nc2cnn(Cc3cccc(C)c3)c2)cn1. The van der Waals surface area contributed by atoms with Crippen molar-refractivity contribution in [3.63, 3.8) is 0 Å². The number of benzene rings is 1. The summed E-state index contributed by atoms with van der Waals surface area (Å²) in [7, 11) is 0. The summed E-state index contributed by atoms with van der Waals surface area (Å²) in [6, 6.07) is 8.28. The Labute approximate surface area is 146 Å². The van der Waals surface area contributed by atoms with Gasteiger partial charge in [-0.05, 0) is 25.5 Å². The lowest BCUT2D eigenvalue weighted by molar-refractivity contribution is -0.111. The third-order valence-corrected chi connectivity index (χ3v) is 3.73. The van der Waals surface area contributed by atoms with E-state index in [0.29, 0.717) is 12.2 Å². The molecule has 6 nitrogen and oxygen atoms in total. The van der Waals surface area contributed by atoms with E-state index in [2.05, 4.69) is 40.6 Å². The number of carbonyl (C=O) groups is 1. The van der Waals surface area contributed by atoms with Crippen LogP contribution in [0.25, 0.3) is 6.08 Å². The molecule has 2 aromatic heterocycles. The molecule has 0 radical (unpaired) electrons. The highest BCUT2D eigenvalue weighted by Crippen LogP contribution is 2.10. The van der Waals surface area contributed by atoms with Gasteiger partial charge in [0.05, 0.1) is 24.6 Å². The van der Waals surface area contributed by atoms with Gasteiger partial charge < -0.3 is 5.32 Å². The maximum absolute atomic E-state index is 12.0. The van der Waals surface area contributed by atoms with Crippen LogP contribution < -0.4 is 5.32 Å². The Balaban J connectivity index is 1.58. The van der Waals surface area contributed by atoms with Crippen molar-refractivity contribution in [1.82, 2.24) is 19.6 Å². The van der Waals surface area contributed by atoms with Crippen LogP contribution in [0.1, 0.15) is 23.6 Å². The third-order valence-electron chi connectivity index (χ3n) is 3.73. The van der Waals surface area contributed by atoms with E-state index in [-0.39, 0.29) is 5.91 Å².